The lowest BCUT2D eigenvalue weighted by atomic mass is 9.91. The fraction of sp³-hybridized carbons (Fsp3) is 0.733. The molecule has 0 N–H and O–H groups in total. The van der Waals surface area contributed by atoms with Gasteiger partial charge in [0.05, 0.1) is 24.7 Å². The molecule has 6 nitrogen and oxygen atoms in total. The largest absolute Gasteiger partial charge is 0.468 e. The molecule has 0 aromatic carbocycles. The first-order chi connectivity index (χ1) is 10.5. The molecule has 2 aliphatic heterocycles. The van der Waals surface area contributed by atoms with Gasteiger partial charge in [0.1, 0.15) is 5.76 Å². The van der Waals surface area contributed by atoms with Crippen LogP contribution in [0.5, 0.6) is 0 Å². The number of ether oxygens (including phenoxy) is 1. The van der Waals surface area contributed by atoms with Gasteiger partial charge in [-0.2, -0.15) is 4.31 Å². The van der Waals surface area contributed by atoms with Crippen LogP contribution in [0, 0.1) is 5.92 Å². The summed E-state index contributed by atoms with van der Waals surface area (Å²) in [6.45, 7) is 4.58. The third-order valence-electron chi connectivity index (χ3n) is 4.87. The second kappa shape index (κ2) is 6.31. The predicted molar refractivity (Wildman–Crippen MR) is 82.8 cm³/mol. The molecule has 3 heterocycles. The zero-order chi connectivity index (χ0) is 15.7. The normalized spacial score (nSPS) is 30.5. The van der Waals surface area contributed by atoms with Crippen molar-refractivity contribution in [3.63, 3.8) is 0 Å². The molecule has 0 bridgehead atoms. The molecule has 7 heteroatoms. The second-order valence-corrected chi connectivity index (χ2v) is 8.29. The first kappa shape index (κ1) is 16.0. The molecule has 0 saturated carbocycles. The summed E-state index contributed by atoms with van der Waals surface area (Å²) in [7, 11) is -1.44. The van der Waals surface area contributed by atoms with Gasteiger partial charge in [0, 0.05) is 38.7 Å². The third kappa shape index (κ3) is 2.95. The molecule has 0 unspecified atom stereocenters. The molecule has 0 aliphatic carbocycles. The van der Waals surface area contributed by atoms with Gasteiger partial charge in [-0.1, -0.05) is 0 Å². The van der Waals surface area contributed by atoms with E-state index in [4.69, 9.17) is 9.15 Å². The lowest BCUT2D eigenvalue weighted by Crippen LogP contribution is -2.53. The Morgan fingerprint density at radius 3 is 2.86 bits per heavy atom. The van der Waals surface area contributed by atoms with Gasteiger partial charge in [0.2, 0.25) is 10.0 Å². The van der Waals surface area contributed by atoms with Gasteiger partial charge in [-0.25, -0.2) is 8.42 Å². The van der Waals surface area contributed by atoms with Crippen LogP contribution < -0.4 is 0 Å². The highest BCUT2D eigenvalue weighted by Crippen LogP contribution is 2.34. The summed E-state index contributed by atoms with van der Waals surface area (Å²) in [5.41, 5.74) is 0. The second-order valence-electron chi connectivity index (χ2n) is 6.08. The minimum Gasteiger partial charge on any atom is -0.468 e. The van der Waals surface area contributed by atoms with Crippen molar-refractivity contribution in [3.8, 4) is 0 Å². The minimum absolute atomic E-state index is 0.0126. The SMILES string of the molecule is CCS(=O)(=O)N1CC[C@@H](OC)[C@@H]2CN(Cc3ccco3)C[C@@H]21. The van der Waals surface area contributed by atoms with E-state index < -0.39 is 10.0 Å². The fourth-order valence-electron chi connectivity index (χ4n) is 3.75. The number of furan rings is 1. The van der Waals surface area contributed by atoms with Crippen LogP contribution in [0.4, 0.5) is 0 Å². The molecule has 0 spiro atoms. The number of nitrogens with zero attached hydrogens (tertiary/aromatic N) is 2. The van der Waals surface area contributed by atoms with Gasteiger partial charge in [0.25, 0.3) is 0 Å². The molecule has 0 radical (unpaired) electrons. The number of sulfonamides is 1. The number of hydrogen-bond acceptors (Lipinski definition) is 5. The molecular weight excluding hydrogens is 304 g/mol. The molecule has 2 aliphatic rings. The maximum atomic E-state index is 12.4. The summed E-state index contributed by atoms with van der Waals surface area (Å²) in [5.74, 6) is 1.30. The van der Waals surface area contributed by atoms with Crippen LogP contribution in [0.15, 0.2) is 22.8 Å². The fourth-order valence-corrected chi connectivity index (χ4v) is 5.11. The first-order valence-corrected chi connectivity index (χ1v) is 9.43. The monoisotopic (exact) mass is 328 g/mol. The number of piperidine rings is 1. The van der Waals surface area contributed by atoms with Crippen LogP contribution in [0.1, 0.15) is 19.1 Å². The van der Waals surface area contributed by atoms with Gasteiger partial charge in [0.15, 0.2) is 0 Å². The summed E-state index contributed by atoms with van der Waals surface area (Å²) < 4.78 is 37.5. The van der Waals surface area contributed by atoms with E-state index >= 15 is 0 Å². The number of fused-ring (bicyclic) bond motifs is 1. The number of likely N-dealkylation sites (tertiary alicyclic amines) is 1. The summed E-state index contributed by atoms with van der Waals surface area (Å²) in [4.78, 5) is 2.27. The smallest absolute Gasteiger partial charge is 0.214 e. The van der Waals surface area contributed by atoms with E-state index in [1.165, 1.54) is 0 Å². The molecule has 1 aromatic heterocycles. The Morgan fingerprint density at radius 2 is 2.23 bits per heavy atom. The molecule has 22 heavy (non-hydrogen) atoms. The Kier molecular flexibility index (Phi) is 4.59. The van der Waals surface area contributed by atoms with E-state index in [1.54, 1.807) is 24.6 Å². The van der Waals surface area contributed by atoms with Crippen LogP contribution in [0.25, 0.3) is 0 Å². The van der Waals surface area contributed by atoms with E-state index in [-0.39, 0.29) is 23.8 Å². The minimum atomic E-state index is -3.16. The Labute approximate surface area is 132 Å². The van der Waals surface area contributed by atoms with E-state index in [9.17, 15) is 8.42 Å². The van der Waals surface area contributed by atoms with E-state index in [0.29, 0.717) is 6.54 Å². The van der Waals surface area contributed by atoms with Gasteiger partial charge in [-0.05, 0) is 25.5 Å². The molecule has 124 valence electrons. The van der Waals surface area contributed by atoms with Crippen molar-refractivity contribution in [1.29, 1.82) is 0 Å². The zero-order valence-electron chi connectivity index (χ0n) is 13.1. The van der Waals surface area contributed by atoms with Crippen LogP contribution in [0.2, 0.25) is 0 Å². The van der Waals surface area contributed by atoms with Gasteiger partial charge in [-0.15, -0.1) is 0 Å². The van der Waals surface area contributed by atoms with Crippen molar-refractivity contribution in [1.82, 2.24) is 9.21 Å². The van der Waals surface area contributed by atoms with Gasteiger partial charge >= 0.3 is 0 Å². The molecule has 3 atom stereocenters. The van der Waals surface area contributed by atoms with Crippen LogP contribution >= 0.6 is 0 Å². The average molecular weight is 328 g/mol. The highest BCUT2D eigenvalue weighted by Gasteiger charge is 2.47. The maximum Gasteiger partial charge on any atom is 0.214 e. The Balaban J connectivity index is 1.78. The van der Waals surface area contributed by atoms with Crippen molar-refractivity contribution in [3.05, 3.63) is 24.2 Å². The molecule has 1 aromatic rings. The van der Waals surface area contributed by atoms with Crippen LogP contribution in [0.3, 0.4) is 0 Å². The van der Waals surface area contributed by atoms with Crippen LogP contribution in [-0.2, 0) is 21.3 Å². The Bertz CT molecular complexity index is 587. The predicted octanol–water partition coefficient (Wildman–Crippen LogP) is 1.15. The Morgan fingerprint density at radius 1 is 1.41 bits per heavy atom. The van der Waals surface area contributed by atoms with Crippen LogP contribution in [-0.4, -0.2) is 62.3 Å². The average Bonchev–Trinajstić information content (AvgIpc) is 3.15. The van der Waals surface area contributed by atoms with E-state index in [1.807, 2.05) is 12.1 Å². The summed E-state index contributed by atoms with van der Waals surface area (Å²) in [6, 6.07) is 3.85. The number of rotatable bonds is 5. The molecule has 2 fully saturated rings. The Hall–Kier alpha value is -0.890. The van der Waals surface area contributed by atoms with Gasteiger partial charge < -0.3 is 9.15 Å². The summed E-state index contributed by atoms with van der Waals surface area (Å²) in [6.07, 6.45) is 2.57. The van der Waals surface area contributed by atoms with E-state index in [0.717, 1.165) is 31.8 Å². The van der Waals surface area contributed by atoms with Gasteiger partial charge in [-0.3, -0.25) is 4.90 Å². The third-order valence-corrected chi connectivity index (χ3v) is 6.77. The highest BCUT2D eigenvalue weighted by molar-refractivity contribution is 7.89. The summed E-state index contributed by atoms with van der Waals surface area (Å²) in [5, 5.41) is 0. The number of hydrogen-bond donors (Lipinski definition) is 0. The maximum absolute atomic E-state index is 12.4. The molecule has 0 amide bonds. The summed E-state index contributed by atoms with van der Waals surface area (Å²) >= 11 is 0. The van der Waals surface area contributed by atoms with Crippen molar-refractivity contribution in [2.24, 2.45) is 5.92 Å². The molecule has 2 saturated heterocycles. The number of methoxy groups -OCH3 is 1. The standard InChI is InChI=1S/C15H24N2O4S/c1-3-22(18,19)17-7-6-15(20-2)13-10-16(11-14(13)17)9-12-5-4-8-21-12/h4-5,8,13-15H,3,6-7,9-11H2,1-2H3/t13-,14+,15-/m1/s1. The van der Waals surface area contributed by atoms with Crippen molar-refractivity contribution >= 4 is 10.0 Å². The zero-order valence-corrected chi connectivity index (χ0v) is 14.0. The lowest BCUT2D eigenvalue weighted by Gasteiger charge is -2.39. The van der Waals surface area contributed by atoms with E-state index in [2.05, 4.69) is 4.90 Å². The highest BCUT2D eigenvalue weighted by atomic mass is 32.2. The van der Waals surface area contributed by atoms with Crippen molar-refractivity contribution in [2.45, 2.75) is 32.0 Å². The van der Waals surface area contributed by atoms with Crippen molar-refractivity contribution < 1.29 is 17.6 Å². The molecular formula is C15H24N2O4S. The lowest BCUT2D eigenvalue weighted by molar-refractivity contribution is 0.00227. The first-order valence-electron chi connectivity index (χ1n) is 7.82. The van der Waals surface area contributed by atoms with Crippen molar-refractivity contribution in [2.75, 3.05) is 32.5 Å². The quantitative estimate of drug-likeness (QED) is 0.811. The topological polar surface area (TPSA) is 63.0 Å². The molecule has 3 rings (SSSR count).